The third-order valence-corrected chi connectivity index (χ3v) is 8.27. The van der Waals surface area contributed by atoms with Crippen LogP contribution in [0.3, 0.4) is 0 Å². The Kier molecular flexibility index (Phi) is 7.11. The Bertz CT molecular complexity index is 1250. The van der Waals surface area contributed by atoms with E-state index in [2.05, 4.69) is 4.98 Å². The minimum atomic E-state index is -5.07. The van der Waals surface area contributed by atoms with E-state index in [1.165, 1.54) is 0 Å². The fraction of sp³-hybridized carbons (Fsp3) is 0.552. The Balaban J connectivity index is 1.31. The molecule has 3 aliphatic heterocycles. The van der Waals surface area contributed by atoms with Gasteiger partial charge >= 0.3 is 12.1 Å². The summed E-state index contributed by atoms with van der Waals surface area (Å²) in [6.07, 6.45) is -2.13. The summed E-state index contributed by atoms with van der Waals surface area (Å²) in [6, 6.07) is 9.38. The zero-order chi connectivity index (χ0) is 28.0. The molecular formula is C29H34F3N3O4. The summed E-state index contributed by atoms with van der Waals surface area (Å²) in [5.74, 6) is -1.45. The summed E-state index contributed by atoms with van der Waals surface area (Å²) in [5.41, 5.74) is 2.43. The van der Waals surface area contributed by atoms with Gasteiger partial charge in [0.15, 0.2) is 0 Å². The van der Waals surface area contributed by atoms with Gasteiger partial charge in [-0.1, -0.05) is 18.2 Å². The minimum Gasteiger partial charge on any atom is -0.487 e. The fourth-order valence-corrected chi connectivity index (χ4v) is 6.20. The highest BCUT2D eigenvalue weighted by Crippen LogP contribution is 2.45. The Labute approximate surface area is 226 Å². The van der Waals surface area contributed by atoms with Crippen LogP contribution in [0.4, 0.5) is 13.2 Å². The molecule has 0 aliphatic carbocycles. The molecule has 10 heteroatoms. The molecular weight excluding hydrogens is 511 g/mol. The van der Waals surface area contributed by atoms with Crippen LogP contribution in [0.2, 0.25) is 0 Å². The molecule has 0 bridgehead atoms. The first-order valence-electron chi connectivity index (χ1n) is 13.4. The number of carbonyl (C=O) groups is 2. The minimum absolute atomic E-state index is 0.127. The molecule has 1 amide bonds. The molecule has 2 fully saturated rings. The quantitative estimate of drug-likeness (QED) is 0.519. The normalized spacial score (nSPS) is 22.3. The van der Waals surface area contributed by atoms with Crippen LogP contribution in [0, 0.1) is 12.3 Å². The molecule has 1 aromatic carbocycles. The molecule has 1 spiro atoms. The lowest BCUT2D eigenvalue weighted by atomic mass is 9.69. The summed E-state index contributed by atoms with van der Waals surface area (Å²) < 4.78 is 51.1. The van der Waals surface area contributed by atoms with Crippen LogP contribution in [0.1, 0.15) is 60.3 Å². The number of ether oxygens (including phenoxy) is 2. The van der Waals surface area contributed by atoms with Crippen LogP contribution in [-0.2, 0) is 22.5 Å². The number of hydrogen-bond acceptors (Lipinski definition) is 6. The first kappa shape index (κ1) is 27.4. The molecule has 210 valence electrons. The summed E-state index contributed by atoms with van der Waals surface area (Å²) >= 11 is 0. The number of likely N-dealkylation sites (tertiary alicyclic amines) is 2. The van der Waals surface area contributed by atoms with Crippen molar-refractivity contribution < 1.29 is 32.2 Å². The number of hydrogen-bond donors (Lipinski definition) is 0. The highest BCUT2D eigenvalue weighted by atomic mass is 19.4. The van der Waals surface area contributed by atoms with E-state index in [-0.39, 0.29) is 18.1 Å². The number of halogens is 3. The molecule has 0 radical (unpaired) electrons. The molecule has 1 atom stereocenters. The van der Waals surface area contributed by atoms with Gasteiger partial charge in [0.1, 0.15) is 17.5 Å². The predicted octanol–water partition coefficient (Wildman–Crippen LogP) is 4.71. The number of para-hydroxylation sites is 1. The molecule has 2 aromatic rings. The maximum atomic E-state index is 13.3. The molecule has 1 aromatic heterocycles. The van der Waals surface area contributed by atoms with Gasteiger partial charge in [0.2, 0.25) is 0 Å². The van der Waals surface area contributed by atoms with E-state index in [0.29, 0.717) is 51.0 Å². The summed E-state index contributed by atoms with van der Waals surface area (Å²) in [7, 11) is 0. The fourth-order valence-electron chi connectivity index (χ4n) is 6.20. The molecule has 2 saturated heterocycles. The molecule has 4 heterocycles. The van der Waals surface area contributed by atoms with Crippen molar-refractivity contribution in [3.63, 3.8) is 0 Å². The van der Waals surface area contributed by atoms with Crippen molar-refractivity contribution in [3.8, 4) is 5.75 Å². The Morgan fingerprint density at radius 2 is 1.85 bits per heavy atom. The van der Waals surface area contributed by atoms with Gasteiger partial charge in [-0.2, -0.15) is 13.2 Å². The van der Waals surface area contributed by atoms with Gasteiger partial charge in [0, 0.05) is 61.0 Å². The highest BCUT2D eigenvalue weighted by Gasteiger charge is 2.51. The first-order chi connectivity index (χ1) is 18.4. The average molecular weight is 546 g/mol. The SMILES string of the molecule is Cc1cc(C(=O)N2CCC3(CCN(Cc4cccc5c4OC(C)(C)C5)CC3OC(=O)C(F)(F)F)CC2)ccn1. The summed E-state index contributed by atoms with van der Waals surface area (Å²) in [5, 5.41) is 0. The topological polar surface area (TPSA) is 72.0 Å². The number of aryl methyl sites for hydroxylation is 1. The summed E-state index contributed by atoms with van der Waals surface area (Å²) in [4.78, 5) is 32.9. The molecule has 3 aliphatic rings. The number of nitrogens with zero attached hydrogens (tertiary/aromatic N) is 3. The number of pyridine rings is 1. The van der Waals surface area contributed by atoms with Gasteiger partial charge in [-0.15, -0.1) is 0 Å². The van der Waals surface area contributed by atoms with Gasteiger partial charge < -0.3 is 14.4 Å². The lowest BCUT2D eigenvalue weighted by molar-refractivity contribution is -0.216. The van der Waals surface area contributed by atoms with E-state index in [1.807, 2.05) is 43.9 Å². The highest BCUT2D eigenvalue weighted by molar-refractivity contribution is 5.94. The van der Waals surface area contributed by atoms with Crippen LogP contribution in [-0.4, -0.2) is 70.7 Å². The average Bonchev–Trinajstić information content (AvgIpc) is 3.20. The Hall–Kier alpha value is -3.14. The Morgan fingerprint density at radius 3 is 2.54 bits per heavy atom. The van der Waals surface area contributed by atoms with Crippen molar-refractivity contribution in [2.45, 2.75) is 70.9 Å². The monoisotopic (exact) mass is 545 g/mol. The number of fused-ring (bicyclic) bond motifs is 1. The van der Waals surface area contributed by atoms with Gasteiger partial charge in [0.25, 0.3) is 5.91 Å². The third-order valence-electron chi connectivity index (χ3n) is 8.27. The smallest absolute Gasteiger partial charge is 0.487 e. The van der Waals surface area contributed by atoms with Crippen LogP contribution >= 0.6 is 0 Å². The van der Waals surface area contributed by atoms with Crippen molar-refractivity contribution >= 4 is 11.9 Å². The van der Waals surface area contributed by atoms with Crippen LogP contribution in [0.5, 0.6) is 5.75 Å². The maximum absolute atomic E-state index is 13.3. The molecule has 1 unspecified atom stereocenters. The lowest BCUT2D eigenvalue weighted by Gasteiger charge is -2.51. The van der Waals surface area contributed by atoms with Crippen molar-refractivity contribution in [1.29, 1.82) is 0 Å². The number of carbonyl (C=O) groups excluding carboxylic acids is 2. The van der Waals surface area contributed by atoms with Crippen LogP contribution < -0.4 is 4.74 Å². The van der Waals surface area contributed by atoms with Gasteiger partial charge in [-0.25, -0.2) is 4.79 Å². The zero-order valence-electron chi connectivity index (χ0n) is 22.5. The van der Waals surface area contributed by atoms with E-state index in [9.17, 15) is 22.8 Å². The number of benzene rings is 1. The second kappa shape index (κ2) is 10.1. The van der Waals surface area contributed by atoms with E-state index in [0.717, 1.165) is 29.0 Å². The number of piperidine rings is 2. The van der Waals surface area contributed by atoms with E-state index < -0.39 is 23.7 Å². The molecule has 7 nitrogen and oxygen atoms in total. The number of aromatic nitrogens is 1. The number of rotatable bonds is 4. The van der Waals surface area contributed by atoms with E-state index in [1.54, 1.807) is 23.2 Å². The Morgan fingerprint density at radius 1 is 1.13 bits per heavy atom. The van der Waals surface area contributed by atoms with Crippen molar-refractivity contribution in [3.05, 3.63) is 58.9 Å². The van der Waals surface area contributed by atoms with E-state index >= 15 is 0 Å². The third kappa shape index (κ3) is 5.76. The van der Waals surface area contributed by atoms with Crippen LogP contribution in [0.25, 0.3) is 0 Å². The van der Waals surface area contributed by atoms with Gasteiger partial charge in [-0.05, 0) is 64.3 Å². The van der Waals surface area contributed by atoms with Gasteiger partial charge in [0.05, 0.1) is 0 Å². The first-order valence-corrected chi connectivity index (χ1v) is 13.4. The lowest BCUT2D eigenvalue weighted by Crippen LogP contribution is -2.57. The maximum Gasteiger partial charge on any atom is 0.490 e. The van der Waals surface area contributed by atoms with Crippen molar-refractivity contribution in [1.82, 2.24) is 14.8 Å². The predicted molar refractivity (Wildman–Crippen MR) is 137 cm³/mol. The van der Waals surface area contributed by atoms with Gasteiger partial charge in [-0.3, -0.25) is 14.7 Å². The number of amides is 1. The van der Waals surface area contributed by atoms with Crippen molar-refractivity contribution in [2.24, 2.45) is 5.41 Å². The molecule has 0 saturated carbocycles. The molecule has 39 heavy (non-hydrogen) atoms. The summed E-state index contributed by atoms with van der Waals surface area (Å²) in [6.45, 7) is 7.96. The number of alkyl halides is 3. The largest absolute Gasteiger partial charge is 0.490 e. The molecule has 0 N–H and O–H groups in total. The standard InChI is InChI=1S/C29H34F3N3O4/c1-19-15-20(7-11-33-19)25(36)35-13-9-28(10-14-35)8-12-34(18-23(28)38-26(37)29(30,31)32)17-22-6-4-5-21-16-27(2,3)39-24(21)22/h4-7,11,15,23H,8-10,12-14,16-18H2,1-3H3. The van der Waals surface area contributed by atoms with Crippen molar-refractivity contribution in [2.75, 3.05) is 26.2 Å². The van der Waals surface area contributed by atoms with Crippen LogP contribution in [0.15, 0.2) is 36.5 Å². The zero-order valence-corrected chi connectivity index (χ0v) is 22.5. The second-order valence-corrected chi connectivity index (χ2v) is 11.7. The number of esters is 1. The van der Waals surface area contributed by atoms with E-state index in [4.69, 9.17) is 9.47 Å². The second-order valence-electron chi connectivity index (χ2n) is 11.7. The molecule has 5 rings (SSSR count).